The van der Waals surface area contributed by atoms with Crippen molar-refractivity contribution in [1.82, 2.24) is 0 Å². The lowest BCUT2D eigenvalue weighted by molar-refractivity contribution is 0.0683. The maximum Gasteiger partial charge on any atom is 0.339 e. The van der Waals surface area contributed by atoms with Gasteiger partial charge in [0.25, 0.3) is 0 Å². The Balaban J connectivity index is 2.06. The number of hydrogen-bond acceptors (Lipinski definition) is 3. The van der Waals surface area contributed by atoms with Crippen molar-refractivity contribution in [2.45, 2.75) is 12.5 Å². The number of aromatic carboxylic acids is 1. The summed E-state index contributed by atoms with van der Waals surface area (Å²) in [6.07, 6.45) is -0.211. The lowest BCUT2D eigenvalue weighted by atomic mass is 9.94. The Labute approximate surface area is 115 Å². The molecule has 0 aliphatic carbocycles. The van der Waals surface area contributed by atoms with Crippen molar-refractivity contribution in [2.24, 2.45) is 0 Å². The first-order valence-corrected chi connectivity index (χ1v) is 6.28. The van der Waals surface area contributed by atoms with Crippen molar-refractivity contribution < 1.29 is 19.4 Å². The number of para-hydroxylation sites is 1. The normalized spacial score (nSPS) is 17.2. The molecule has 4 heteroatoms. The Morgan fingerprint density at radius 3 is 2.55 bits per heavy atom. The Morgan fingerprint density at radius 1 is 1.10 bits per heavy atom. The van der Waals surface area contributed by atoms with Crippen LogP contribution in [0, 0.1) is 0 Å². The minimum Gasteiger partial charge on any atom is -0.484 e. The van der Waals surface area contributed by atoms with Crippen LogP contribution in [0.25, 0.3) is 0 Å². The van der Waals surface area contributed by atoms with E-state index in [1.54, 1.807) is 12.1 Å². The molecule has 1 unspecified atom stereocenters. The SMILES string of the molecule is O=C(O)c1cccc2c1OC(c1ccccc1)CC2=O. The molecule has 3 rings (SSSR count). The molecule has 0 fully saturated rings. The fourth-order valence-corrected chi connectivity index (χ4v) is 2.37. The van der Waals surface area contributed by atoms with E-state index in [9.17, 15) is 14.7 Å². The highest BCUT2D eigenvalue weighted by Crippen LogP contribution is 2.37. The monoisotopic (exact) mass is 268 g/mol. The molecule has 1 heterocycles. The molecule has 0 saturated heterocycles. The van der Waals surface area contributed by atoms with Crippen molar-refractivity contribution in [1.29, 1.82) is 0 Å². The largest absolute Gasteiger partial charge is 0.484 e. The van der Waals surface area contributed by atoms with Gasteiger partial charge in [-0.1, -0.05) is 36.4 Å². The van der Waals surface area contributed by atoms with Gasteiger partial charge in [-0.15, -0.1) is 0 Å². The topological polar surface area (TPSA) is 63.6 Å². The number of carbonyl (C=O) groups excluding carboxylic acids is 1. The van der Waals surface area contributed by atoms with E-state index in [0.29, 0.717) is 5.56 Å². The third kappa shape index (κ3) is 2.05. The van der Waals surface area contributed by atoms with Crippen LogP contribution in [-0.2, 0) is 0 Å². The molecule has 1 aliphatic rings. The number of carbonyl (C=O) groups is 2. The van der Waals surface area contributed by atoms with Gasteiger partial charge in [-0.3, -0.25) is 4.79 Å². The standard InChI is InChI=1S/C16H12O4/c17-13-9-14(10-5-2-1-3-6-10)20-15-11(13)7-4-8-12(15)16(18)19/h1-8,14H,9H2,(H,18,19). The zero-order valence-corrected chi connectivity index (χ0v) is 10.6. The molecular weight excluding hydrogens is 256 g/mol. The van der Waals surface area contributed by atoms with Gasteiger partial charge < -0.3 is 9.84 Å². The lowest BCUT2D eigenvalue weighted by Crippen LogP contribution is -2.22. The maximum atomic E-state index is 12.2. The van der Waals surface area contributed by atoms with Crippen LogP contribution in [-0.4, -0.2) is 16.9 Å². The smallest absolute Gasteiger partial charge is 0.339 e. The van der Waals surface area contributed by atoms with Gasteiger partial charge in [0, 0.05) is 0 Å². The van der Waals surface area contributed by atoms with Crippen LogP contribution in [0.1, 0.15) is 38.8 Å². The van der Waals surface area contributed by atoms with Crippen LogP contribution < -0.4 is 4.74 Å². The number of Topliss-reactive ketones (excluding diaryl/α,β-unsaturated/α-hetero) is 1. The summed E-state index contributed by atoms with van der Waals surface area (Å²) in [4.78, 5) is 23.4. The summed E-state index contributed by atoms with van der Waals surface area (Å²) in [5.41, 5.74) is 1.24. The highest BCUT2D eigenvalue weighted by atomic mass is 16.5. The molecule has 2 aromatic rings. The van der Waals surface area contributed by atoms with E-state index in [1.807, 2.05) is 30.3 Å². The second kappa shape index (κ2) is 4.81. The molecule has 1 atom stereocenters. The van der Waals surface area contributed by atoms with Crippen LogP contribution in [0.3, 0.4) is 0 Å². The van der Waals surface area contributed by atoms with E-state index in [1.165, 1.54) is 6.07 Å². The fraction of sp³-hybridized carbons (Fsp3) is 0.125. The summed E-state index contributed by atoms with van der Waals surface area (Å²) in [6, 6.07) is 14.0. The summed E-state index contributed by atoms with van der Waals surface area (Å²) >= 11 is 0. The highest BCUT2D eigenvalue weighted by Gasteiger charge is 2.30. The number of hydrogen-bond donors (Lipinski definition) is 1. The molecule has 20 heavy (non-hydrogen) atoms. The molecular formula is C16H12O4. The van der Waals surface area contributed by atoms with Crippen molar-refractivity contribution in [3.8, 4) is 5.75 Å². The fourth-order valence-electron chi connectivity index (χ4n) is 2.37. The first-order valence-electron chi connectivity index (χ1n) is 6.28. The minimum absolute atomic E-state index is 0.0245. The molecule has 1 aliphatic heterocycles. The van der Waals surface area contributed by atoms with E-state index >= 15 is 0 Å². The molecule has 1 N–H and O–H groups in total. The number of fused-ring (bicyclic) bond motifs is 1. The van der Waals surface area contributed by atoms with Gasteiger partial charge in [0.05, 0.1) is 12.0 Å². The maximum absolute atomic E-state index is 12.2. The minimum atomic E-state index is -1.09. The zero-order valence-electron chi connectivity index (χ0n) is 10.6. The summed E-state index contributed by atoms with van der Waals surface area (Å²) in [7, 11) is 0. The van der Waals surface area contributed by atoms with Crippen LogP contribution in [0.2, 0.25) is 0 Å². The molecule has 0 saturated carbocycles. The average molecular weight is 268 g/mol. The van der Waals surface area contributed by atoms with Gasteiger partial charge >= 0.3 is 5.97 Å². The number of rotatable bonds is 2. The summed E-state index contributed by atoms with van der Waals surface area (Å²) in [5, 5.41) is 9.19. The number of ether oxygens (including phenoxy) is 1. The number of ketones is 1. The van der Waals surface area contributed by atoms with E-state index in [4.69, 9.17) is 4.74 Å². The van der Waals surface area contributed by atoms with Crippen molar-refractivity contribution in [3.05, 3.63) is 65.2 Å². The first kappa shape index (κ1) is 12.4. The lowest BCUT2D eigenvalue weighted by Gasteiger charge is -2.26. The van der Waals surface area contributed by atoms with Gasteiger partial charge in [0.1, 0.15) is 17.4 Å². The van der Waals surface area contributed by atoms with Gasteiger partial charge in [0.15, 0.2) is 5.78 Å². The number of carboxylic acids is 1. The predicted octanol–water partition coefficient (Wildman–Crippen LogP) is 3.09. The molecule has 4 nitrogen and oxygen atoms in total. The van der Waals surface area contributed by atoms with E-state index in [2.05, 4.69) is 0 Å². The molecule has 2 aromatic carbocycles. The van der Waals surface area contributed by atoms with E-state index < -0.39 is 12.1 Å². The van der Waals surface area contributed by atoms with Crippen molar-refractivity contribution in [2.75, 3.05) is 0 Å². The van der Waals surface area contributed by atoms with Gasteiger partial charge in [-0.2, -0.15) is 0 Å². The summed E-state index contributed by atoms with van der Waals surface area (Å²) in [6.45, 7) is 0. The number of carboxylic acid groups (broad SMARTS) is 1. The average Bonchev–Trinajstić information content (AvgIpc) is 2.47. The summed E-state index contributed by atoms with van der Waals surface area (Å²) < 4.78 is 5.78. The van der Waals surface area contributed by atoms with Gasteiger partial charge in [-0.05, 0) is 17.7 Å². The first-order chi connectivity index (χ1) is 9.66. The molecule has 0 radical (unpaired) electrons. The molecule has 0 amide bonds. The molecule has 0 spiro atoms. The number of benzene rings is 2. The van der Waals surface area contributed by atoms with Crippen molar-refractivity contribution >= 4 is 11.8 Å². The van der Waals surface area contributed by atoms with Crippen LogP contribution >= 0.6 is 0 Å². The van der Waals surface area contributed by atoms with E-state index in [-0.39, 0.29) is 23.5 Å². The van der Waals surface area contributed by atoms with Crippen LogP contribution in [0.5, 0.6) is 5.75 Å². The molecule has 0 bridgehead atoms. The third-order valence-electron chi connectivity index (χ3n) is 3.35. The Bertz CT molecular complexity index is 662. The van der Waals surface area contributed by atoms with Gasteiger partial charge in [0.2, 0.25) is 0 Å². The third-order valence-corrected chi connectivity index (χ3v) is 3.35. The molecule has 0 aromatic heterocycles. The van der Waals surface area contributed by atoms with Crippen LogP contribution in [0.4, 0.5) is 0 Å². The predicted molar refractivity (Wildman–Crippen MR) is 72.2 cm³/mol. The summed E-state index contributed by atoms with van der Waals surface area (Å²) in [5.74, 6) is -1.02. The Kier molecular flexibility index (Phi) is 2.99. The van der Waals surface area contributed by atoms with Crippen molar-refractivity contribution in [3.63, 3.8) is 0 Å². The van der Waals surface area contributed by atoms with Gasteiger partial charge in [-0.25, -0.2) is 4.79 Å². The second-order valence-electron chi connectivity index (χ2n) is 4.63. The van der Waals surface area contributed by atoms with E-state index in [0.717, 1.165) is 5.56 Å². The highest BCUT2D eigenvalue weighted by molar-refractivity contribution is 6.04. The second-order valence-corrected chi connectivity index (χ2v) is 4.63. The zero-order chi connectivity index (χ0) is 14.1. The Morgan fingerprint density at radius 2 is 1.85 bits per heavy atom. The Hall–Kier alpha value is -2.62. The quantitative estimate of drug-likeness (QED) is 0.909. The molecule has 100 valence electrons. The van der Waals surface area contributed by atoms with Crippen LogP contribution in [0.15, 0.2) is 48.5 Å².